The van der Waals surface area contributed by atoms with E-state index in [2.05, 4.69) is 5.10 Å². The molecule has 1 aliphatic rings. The summed E-state index contributed by atoms with van der Waals surface area (Å²) >= 11 is 0. The number of nitrogens with zero attached hydrogens (tertiary/aromatic N) is 2. The van der Waals surface area contributed by atoms with Crippen LogP contribution in [0.15, 0.2) is 12.3 Å². The quantitative estimate of drug-likeness (QED) is 0.679. The van der Waals surface area contributed by atoms with E-state index in [1.54, 1.807) is 10.9 Å². The molecular formula is C6H11Cl2N3O. The summed E-state index contributed by atoms with van der Waals surface area (Å²) in [7, 11) is 0. The average molecular weight is 212 g/mol. The molecular weight excluding hydrogens is 201 g/mol. The minimum atomic E-state index is 0. The molecule has 1 aromatic heterocycles. The third-order valence-electron chi connectivity index (χ3n) is 1.53. The van der Waals surface area contributed by atoms with E-state index in [0.717, 1.165) is 12.4 Å². The van der Waals surface area contributed by atoms with Crippen LogP contribution in [0.25, 0.3) is 0 Å². The Morgan fingerprint density at radius 1 is 1.58 bits per heavy atom. The maximum absolute atomic E-state index is 5.62. The summed E-state index contributed by atoms with van der Waals surface area (Å²) in [6, 6.07) is 1.93. The Kier molecular flexibility index (Phi) is 4.37. The molecule has 0 saturated carbocycles. The number of hydrogen-bond donors (Lipinski definition) is 1. The number of hydrogen-bond acceptors (Lipinski definition) is 3. The molecule has 0 radical (unpaired) electrons. The molecule has 2 rings (SSSR count). The fraction of sp³-hybridized carbons (Fsp3) is 0.500. The van der Waals surface area contributed by atoms with E-state index in [4.69, 9.17) is 10.5 Å². The summed E-state index contributed by atoms with van der Waals surface area (Å²) in [5, 5.41) is 4.02. The Morgan fingerprint density at radius 2 is 2.33 bits per heavy atom. The molecule has 2 N–H and O–H groups in total. The lowest BCUT2D eigenvalue weighted by Gasteiger charge is -2.20. The van der Waals surface area contributed by atoms with E-state index < -0.39 is 0 Å². The van der Waals surface area contributed by atoms with Gasteiger partial charge < -0.3 is 10.5 Å². The number of ether oxygens (including phenoxy) is 1. The molecule has 70 valence electrons. The molecule has 0 saturated heterocycles. The first-order chi connectivity index (χ1) is 4.86. The van der Waals surface area contributed by atoms with Gasteiger partial charge in [0.1, 0.15) is 6.61 Å². The summed E-state index contributed by atoms with van der Waals surface area (Å²) < 4.78 is 7.02. The molecule has 0 aromatic carbocycles. The highest BCUT2D eigenvalue weighted by Crippen LogP contribution is 2.13. The van der Waals surface area contributed by atoms with Gasteiger partial charge in [0.15, 0.2) is 0 Å². The second-order valence-corrected chi connectivity index (χ2v) is 2.42. The summed E-state index contributed by atoms with van der Waals surface area (Å²) in [6.07, 6.45) is 1.72. The van der Waals surface area contributed by atoms with Crippen LogP contribution < -0.4 is 10.5 Å². The molecule has 1 aromatic rings. The Labute approximate surface area is 82.9 Å². The van der Waals surface area contributed by atoms with Crippen molar-refractivity contribution in [1.82, 2.24) is 9.78 Å². The van der Waals surface area contributed by atoms with E-state index in [9.17, 15) is 0 Å². The van der Waals surface area contributed by atoms with Crippen molar-refractivity contribution in [2.24, 2.45) is 5.73 Å². The van der Waals surface area contributed by atoms with Gasteiger partial charge in [0.2, 0.25) is 5.88 Å². The first-order valence-corrected chi connectivity index (χ1v) is 3.26. The van der Waals surface area contributed by atoms with E-state index in [0.29, 0.717) is 6.61 Å². The third-order valence-corrected chi connectivity index (χ3v) is 1.53. The standard InChI is InChI=1S/C6H9N3O.2ClH/c7-5-3-9-6(10-4-5)1-2-8-9;;/h1-2,5H,3-4,7H2;2*1H. The topological polar surface area (TPSA) is 53.1 Å². The lowest BCUT2D eigenvalue weighted by atomic mass is 10.3. The lowest BCUT2D eigenvalue weighted by molar-refractivity contribution is 0.206. The van der Waals surface area contributed by atoms with E-state index in [1.807, 2.05) is 6.07 Å². The van der Waals surface area contributed by atoms with Crippen LogP contribution in [0.4, 0.5) is 0 Å². The van der Waals surface area contributed by atoms with Crippen molar-refractivity contribution in [1.29, 1.82) is 0 Å². The second-order valence-electron chi connectivity index (χ2n) is 2.42. The number of halogens is 2. The molecule has 1 aliphatic heterocycles. The maximum atomic E-state index is 5.62. The SMILES string of the molecule is Cl.Cl.NC1COc2ccnn2C1. The molecule has 2 heterocycles. The minimum absolute atomic E-state index is 0. The van der Waals surface area contributed by atoms with Crippen LogP contribution in [0, 0.1) is 0 Å². The Bertz CT molecular complexity index is 240. The molecule has 6 heteroatoms. The molecule has 0 bridgehead atoms. The van der Waals surface area contributed by atoms with Gasteiger partial charge in [-0.15, -0.1) is 24.8 Å². The maximum Gasteiger partial charge on any atom is 0.211 e. The van der Waals surface area contributed by atoms with E-state index >= 15 is 0 Å². The van der Waals surface area contributed by atoms with Crippen LogP contribution in [0.3, 0.4) is 0 Å². The van der Waals surface area contributed by atoms with Crippen molar-refractivity contribution in [2.45, 2.75) is 12.6 Å². The number of nitrogens with two attached hydrogens (primary N) is 1. The van der Waals surface area contributed by atoms with Crippen LogP contribution in [0.5, 0.6) is 5.88 Å². The van der Waals surface area contributed by atoms with Crippen LogP contribution >= 0.6 is 24.8 Å². The van der Waals surface area contributed by atoms with Crippen molar-refractivity contribution < 1.29 is 4.74 Å². The number of fused-ring (bicyclic) bond motifs is 1. The van der Waals surface area contributed by atoms with Gasteiger partial charge in [-0.25, -0.2) is 4.68 Å². The zero-order chi connectivity index (χ0) is 6.97. The minimum Gasteiger partial charge on any atom is -0.476 e. The van der Waals surface area contributed by atoms with Gasteiger partial charge in [-0.3, -0.25) is 0 Å². The zero-order valence-electron chi connectivity index (χ0n) is 6.34. The second kappa shape index (κ2) is 4.54. The monoisotopic (exact) mass is 211 g/mol. The van der Waals surface area contributed by atoms with Crippen molar-refractivity contribution in [3.8, 4) is 5.88 Å². The fourth-order valence-corrected chi connectivity index (χ4v) is 1.05. The lowest BCUT2D eigenvalue weighted by Crippen LogP contribution is -2.37. The molecule has 0 fully saturated rings. The average Bonchev–Trinajstić information content (AvgIpc) is 2.33. The zero-order valence-corrected chi connectivity index (χ0v) is 7.98. The summed E-state index contributed by atoms with van der Waals surface area (Å²) in [6.45, 7) is 1.37. The Balaban J connectivity index is 0.000000605. The number of rotatable bonds is 0. The van der Waals surface area contributed by atoms with Crippen molar-refractivity contribution >= 4 is 24.8 Å². The predicted molar refractivity (Wildman–Crippen MR) is 50.2 cm³/mol. The van der Waals surface area contributed by atoms with Gasteiger partial charge in [0.05, 0.1) is 18.8 Å². The van der Waals surface area contributed by atoms with Crippen LogP contribution in [0.2, 0.25) is 0 Å². The molecule has 1 atom stereocenters. The number of aromatic nitrogens is 2. The van der Waals surface area contributed by atoms with Gasteiger partial charge in [0.25, 0.3) is 0 Å². The summed E-state index contributed by atoms with van der Waals surface area (Å²) in [5.41, 5.74) is 5.62. The first kappa shape index (κ1) is 11.6. The first-order valence-electron chi connectivity index (χ1n) is 3.26. The Morgan fingerprint density at radius 3 is 3.08 bits per heavy atom. The highest BCUT2D eigenvalue weighted by atomic mass is 35.5. The van der Waals surface area contributed by atoms with Crippen molar-refractivity contribution in [2.75, 3.05) is 6.61 Å². The summed E-state index contributed by atoms with van der Waals surface area (Å²) in [5.74, 6) is 0.821. The molecule has 4 nitrogen and oxygen atoms in total. The van der Waals surface area contributed by atoms with E-state index in [1.165, 1.54) is 0 Å². The van der Waals surface area contributed by atoms with Crippen molar-refractivity contribution in [3.05, 3.63) is 12.3 Å². The molecule has 0 amide bonds. The van der Waals surface area contributed by atoms with Gasteiger partial charge in [0, 0.05) is 6.07 Å². The van der Waals surface area contributed by atoms with Crippen LogP contribution in [-0.2, 0) is 6.54 Å². The van der Waals surface area contributed by atoms with Gasteiger partial charge in [-0.05, 0) is 0 Å². The highest BCUT2D eigenvalue weighted by Gasteiger charge is 2.15. The molecule has 0 spiro atoms. The van der Waals surface area contributed by atoms with Crippen LogP contribution in [-0.4, -0.2) is 22.4 Å². The fourth-order valence-electron chi connectivity index (χ4n) is 1.05. The van der Waals surface area contributed by atoms with Gasteiger partial charge >= 0.3 is 0 Å². The predicted octanol–water partition coefficient (Wildman–Crippen LogP) is 0.446. The smallest absolute Gasteiger partial charge is 0.211 e. The van der Waals surface area contributed by atoms with E-state index in [-0.39, 0.29) is 30.9 Å². The van der Waals surface area contributed by atoms with Crippen molar-refractivity contribution in [3.63, 3.8) is 0 Å². The highest BCUT2D eigenvalue weighted by molar-refractivity contribution is 5.85. The molecule has 12 heavy (non-hydrogen) atoms. The van der Waals surface area contributed by atoms with Gasteiger partial charge in [-0.1, -0.05) is 0 Å². The normalized spacial score (nSPS) is 19.6. The third kappa shape index (κ3) is 2.03. The largest absolute Gasteiger partial charge is 0.476 e. The molecule has 1 unspecified atom stereocenters. The molecule has 0 aliphatic carbocycles. The Hall–Kier alpha value is -0.450. The van der Waals surface area contributed by atoms with Crippen LogP contribution in [0.1, 0.15) is 0 Å². The van der Waals surface area contributed by atoms with Gasteiger partial charge in [-0.2, -0.15) is 5.10 Å². The summed E-state index contributed by atoms with van der Waals surface area (Å²) in [4.78, 5) is 0.